The van der Waals surface area contributed by atoms with Gasteiger partial charge in [0.05, 0.1) is 11.6 Å². The molecule has 2 aromatic carbocycles. The zero-order valence-electron chi connectivity index (χ0n) is 15.5. The fourth-order valence-corrected chi connectivity index (χ4v) is 5.59. The summed E-state index contributed by atoms with van der Waals surface area (Å²) in [7, 11) is -4.02. The van der Waals surface area contributed by atoms with Crippen LogP contribution in [0.3, 0.4) is 0 Å². The Morgan fingerprint density at radius 2 is 1.79 bits per heavy atom. The Morgan fingerprint density at radius 1 is 1.07 bits per heavy atom. The Morgan fingerprint density at radius 3 is 2.45 bits per heavy atom. The second-order valence-electron chi connectivity index (χ2n) is 6.74. The first-order valence-electron chi connectivity index (χ1n) is 8.93. The van der Waals surface area contributed by atoms with E-state index in [1.54, 1.807) is 12.1 Å². The summed E-state index contributed by atoms with van der Waals surface area (Å²) < 4.78 is 26.0. The van der Waals surface area contributed by atoms with Crippen LogP contribution in [0, 0.1) is 6.92 Å². The average molecular weight is 427 g/mol. The Labute approximate surface area is 172 Å². The first-order chi connectivity index (χ1) is 13.9. The standard InChI is InChI=1S/C21H18N2O4S2/c1-14-8-10-15(11-9-14)20(17-6-4-12-28-17)22-19(24)13-23-21(25)16-5-2-3-7-18(16)29(23,26)27/h2-12,20H,13H2,1H3,(H,22,24)/t20-/m1/s1. The minimum atomic E-state index is -4.02. The second kappa shape index (κ2) is 7.46. The van der Waals surface area contributed by atoms with Crippen LogP contribution >= 0.6 is 11.3 Å². The lowest BCUT2D eigenvalue weighted by Crippen LogP contribution is -2.41. The monoisotopic (exact) mass is 426 g/mol. The molecule has 0 fully saturated rings. The van der Waals surface area contributed by atoms with E-state index in [4.69, 9.17) is 0 Å². The molecule has 6 nitrogen and oxygen atoms in total. The summed E-state index contributed by atoms with van der Waals surface area (Å²) in [6.07, 6.45) is 0. The van der Waals surface area contributed by atoms with Crippen molar-refractivity contribution in [2.75, 3.05) is 6.54 Å². The van der Waals surface area contributed by atoms with E-state index in [0.29, 0.717) is 4.31 Å². The van der Waals surface area contributed by atoms with E-state index in [1.165, 1.54) is 23.5 Å². The van der Waals surface area contributed by atoms with Gasteiger partial charge in [-0.1, -0.05) is 48.0 Å². The number of hydrogen-bond acceptors (Lipinski definition) is 5. The largest absolute Gasteiger partial charge is 0.343 e. The maximum atomic E-state index is 12.8. The molecule has 1 aromatic heterocycles. The summed E-state index contributed by atoms with van der Waals surface area (Å²) >= 11 is 1.49. The van der Waals surface area contributed by atoms with Crippen LogP contribution in [-0.2, 0) is 14.8 Å². The van der Waals surface area contributed by atoms with E-state index in [0.717, 1.165) is 16.0 Å². The molecule has 1 atom stereocenters. The highest BCUT2D eigenvalue weighted by Gasteiger charge is 2.42. The number of sulfonamides is 1. The molecule has 0 spiro atoms. The maximum absolute atomic E-state index is 12.8. The summed E-state index contributed by atoms with van der Waals surface area (Å²) in [6, 6.07) is 17.1. The molecule has 29 heavy (non-hydrogen) atoms. The first kappa shape index (κ1) is 19.4. The number of carbonyl (C=O) groups is 2. The van der Waals surface area contributed by atoms with Gasteiger partial charge in [0.15, 0.2) is 0 Å². The molecule has 1 aliphatic heterocycles. The Hall–Kier alpha value is -2.97. The van der Waals surface area contributed by atoms with Crippen LogP contribution in [0.1, 0.15) is 32.4 Å². The van der Waals surface area contributed by atoms with Gasteiger partial charge in [0.1, 0.15) is 11.4 Å². The quantitative estimate of drug-likeness (QED) is 0.680. The summed E-state index contributed by atoms with van der Waals surface area (Å²) in [5, 5.41) is 4.79. The average Bonchev–Trinajstić information content (AvgIpc) is 3.30. The van der Waals surface area contributed by atoms with Crippen molar-refractivity contribution in [1.82, 2.24) is 9.62 Å². The van der Waals surface area contributed by atoms with Gasteiger partial charge < -0.3 is 5.32 Å². The van der Waals surface area contributed by atoms with Crippen molar-refractivity contribution in [3.05, 3.63) is 87.6 Å². The van der Waals surface area contributed by atoms with Gasteiger partial charge in [0, 0.05) is 4.88 Å². The smallest absolute Gasteiger partial charge is 0.269 e. The van der Waals surface area contributed by atoms with Gasteiger partial charge in [-0.25, -0.2) is 12.7 Å². The van der Waals surface area contributed by atoms with Gasteiger partial charge in [-0.2, -0.15) is 0 Å². The third kappa shape index (κ3) is 3.56. The number of thiophene rings is 1. The molecule has 0 saturated heterocycles. The molecule has 0 radical (unpaired) electrons. The highest BCUT2D eigenvalue weighted by Crippen LogP contribution is 2.30. The lowest BCUT2D eigenvalue weighted by atomic mass is 10.0. The zero-order valence-corrected chi connectivity index (χ0v) is 17.2. The molecule has 0 unspecified atom stereocenters. The molecule has 0 bridgehead atoms. The lowest BCUT2D eigenvalue weighted by Gasteiger charge is -2.21. The van der Waals surface area contributed by atoms with Crippen molar-refractivity contribution in [3.8, 4) is 0 Å². The first-order valence-corrected chi connectivity index (χ1v) is 11.3. The number of amides is 2. The van der Waals surface area contributed by atoms with Crippen LogP contribution in [0.15, 0.2) is 70.9 Å². The van der Waals surface area contributed by atoms with E-state index in [1.807, 2.05) is 48.7 Å². The molecule has 1 aliphatic rings. The number of aryl methyl sites for hydroxylation is 1. The predicted octanol–water partition coefficient (Wildman–Crippen LogP) is 3.11. The molecule has 3 aromatic rings. The van der Waals surface area contributed by atoms with Gasteiger partial charge in [-0.3, -0.25) is 9.59 Å². The van der Waals surface area contributed by atoms with Crippen LogP contribution < -0.4 is 5.32 Å². The highest BCUT2D eigenvalue weighted by molar-refractivity contribution is 7.90. The molecule has 0 saturated carbocycles. The second-order valence-corrected chi connectivity index (χ2v) is 9.55. The molecule has 2 amide bonds. The van der Waals surface area contributed by atoms with Crippen molar-refractivity contribution >= 4 is 33.2 Å². The number of nitrogens with zero attached hydrogens (tertiary/aromatic N) is 1. The van der Waals surface area contributed by atoms with Crippen LogP contribution in [0.5, 0.6) is 0 Å². The van der Waals surface area contributed by atoms with Crippen LogP contribution in [0.2, 0.25) is 0 Å². The van der Waals surface area contributed by atoms with Crippen LogP contribution in [-0.4, -0.2) is 31.1 Å². The number of benzene rings is 2. The molecule has 148 valence electrons. The molecule has 8 heteroatoms. The van der Waals surface area contributed by atoms with Crippen molar-refractivity contribution < 1.29 is 18.0 Å². The van der Waals surface area contributed by atoms with E-state index in [-0.39, 0.29) is 10.5 Å². The number of fused-ring (bicyclic) bond motifs is 1. The number of rotatable bonds is 5. The Bertz CT molecular complexity index is 1170. The highest BCUT2D eigenvalue weighted by atomic mass is 32.2. The third-order valence-corrected chi connectivity index (χ3v) is 7.47. The van der Waals surface area contributed by atoms with Gasteiger partial charge in [-0.15, -0.1) is 11.3 Å². The predicted molar refractivity (Wildman–Crippen MR) is 110 cm³/mol. The molecule has 4 rings (SSSR count). The van der Waals surface area contributed by atoms with E-state index in [2.05, 4.69) is 5.32 Å². The summed E-state index contributed by atoms with van der Waals surface area (Å²) in [4.78, 5) is 26.2. The molecular formula is C21H18N2O4S2. The van der Waals surface area contributed by atoms with Crippen molar-refractivity contribution in [2.45, 2.75) is 17.9 Å². The van der Waals surface area contributed by atoms with Gasteiger partial charge in [0.2, 0.25) is 5.91 Å². The van der Waals surface area contributed by atoms with Crippen molar-refractivity contribution in [2.24, 2.45) is 0 Å². The fraction of sp³-hybridized carbons (Fsp3) is 0.143. The fourth-order valence-electron chi connectivity index (χ4n) is 3.26. The topological polar surface area (TPSA) is 83.6 Å². The normalized spacial score (nSPS) is 15.8. The minimum Gasteiger partial charge on any atom is -0.343 e. The van der Waals surface area contributed by atoms with Crippen molar-refractivity contribution in [1.29, 1.82) is 0 Å². The van der Waals surface area contributed by atoms with E-state index < -0.39 is 34.4 Å². The summed E-state index contributed by atoms with van der Waals surface area (Å²) in [6.45, 7) is 1.41. The number of hydrogen-bond donors (Lipinski definition) is 1. The van der Waals surface area contributed by atoms with Crippen LogP contribution in [0.4, 0.5) is 0 Å². The minimum absolute atomic E-state index is 0.0638. The maximum Gasteiger partial charge on any atom is 0.269 e. The van der Waals surface area contributed by atoms with Crippen molar-refractivity contribution in [3.63, 3.8) is 0 Å². The Kier molecular flexibility index (Phi) is 4.97. The third-order valence-electron chi connectivity index (χ3n) is 4.74. The number of carbonyl (C=O) groups excluding carboxylic acids is 2. The van der Waals surface area contributed by atoms with Gasteiger partial charge in [-0.05, 0) is 36.1 Å². The van der Waals surface area contributed by atoms with Gasteiger partial charge >= 0.3 is 0 Å². The molecule has 1 N–H and O–H groups in total. The van der Waals surface area contributed by atoms with Crippen LogP contribution in [0.25, 0.3) is 0 Å². The number of nitrogens with one attached hydrogen (secondary N) is 1. The summed E-state index contributed by atoms with van der Waals surface area (Å²) in [5.41, 5.74) is 2.07. The zero-order chi connectivity index (χ0) is 20.6. The lowest BCUT2D eigenvalue weighted by molar-refractivity contribution is -0.121. The molecular weight excluding hydrogens is 408 g/mol. The Balaban J connectivity index is 1.58. The van der Waals surface area contributed by atoms with E-state index in [9.17, 15) is 18.0 Å². The van der Waals surface area contributed by atoms with Gasteiger partial charge in [0.25, 0.3) is 15.9 Å². The summed E-state index contributed by atoms with van der Waals surface area (Å²) in [5.74, 6) is -1.23. The molecule has 2 heterocycles. The SMILES string of the molecule is Cc1ccc([C@@H](NC(=O)CN2C(=O)c3ccccc3S2(=O)=O)c2cccs2)cc1. The van der Waals surface area contributed by atoms with E-state index >= 15 is 0 Å². The molecule has 0 aliphatic carbocycles.